The van der Waals surface area contributed by atoms with Crippen LogP contribution in [0.3, 0.4) is 0 Å². The third kappa shape index (κ3) is 5.89. The van der Waals surface area contributed by atoms with Gasteiger partial charge < -0.3 is 0 Å². The van der Waals surface area contributed by atoms with Crippen LogP contribution < -0.4 is 0 Å². The third-order valence-corrected chi connectivity index (χ3v) is 11.4. The van der Waals surface area contributed by atoms with Crippen molar-refractivity contribution in [3.05, 3.63) is 199 Å². The lowest BCUT2D eigenvalue weighted by Crippen LogP contribution is -2.15. The molecular formula is C53H36N4. The Kier molecular flexibility index (Phi) is 8.17. The van der Waals surface area contributed by atoms with E-state index in [1.165, 1.54) is 60.8 Å². The van der Waals surface area contributed by atoms with Gasteiger partial charge in [0, 0.05) is 22.1 Å². The van der Waals surface area contributed by atoms with Gasteiger partial charge in [0.25, 0.3) is 0 Å². The van der Waals surface area contributed by atoms with Crippen LogP contribution >= 0.6 is 0 Å². The zero-order chi connectivity index (χ0) is 38.5. The standard InChI is InChI=1S/C53H36N4/c1-53(2)47-19-11-18-43(49(47)46-29-20-34(33-54)32-48(46)53)37-23-21-35(22-24-37)41-30-31-42(45-17-10-9-16-44(41)45)36-25-27-40(28-26-36)52-56-50(38-12-5-3-6-13-38)55-51(57-52)39-14-7-4-8-15-39/h3-32H,1-2H3. The number of nitriles is 1. The lowest BCUT2D eigenvalue weighted by Gasteiger charge is -2.21. The first kappa shape index (κ1) is 34.0. The molecule has 0 radical (unpaired) electrons. The Morgan fingerprint density at radius 2 is 0.825 bits per heavy atom. The van der Waals surface area contributed by atoms with E-state index in [4.69, 9.17) is 15.0 Å². The van der Waals surface area contributed by atoms with Crippen LogP contribution in [0.25, 0.3) is 89.4 Å². The Morgan fingerprint density at radius 1 is 0.386 bits per heavy atom. The van der Waals surface area contributed by atoms with Crippen LogP contribution in [0.15, 0.2) is 182 Å². The molecule has 1 heterocycles. The Bertz CT molecular complexity index is 2960. The number of hydrogen-bond acceptors (Lipinski definition) is 4. The molecule has 57 heavy (non-hydrogen) atoms. The van der Waals surface area contributed by atoms with Crippen molar-refractivity contribution in [3.63, 3.8) is 0 Å². The monoisotopic (exact) mass is 728 g/mol. The van der Waals surface area contributed by atoms with Crippen molar-refractivity contribution in [1.29, 1.82) is 5.26 Å². The number of rotatable bonds is 6. The summed E-state index contributed by atoms with van der Waals surface area (Å²) in [6.07, 6.45) is 0. The van der Waals surface area contributed by atoms with E-state index < -0.39 is 0 Å². The van der Waals surface area contributed by atoms with Gasteiger partial charge in [0.2, 0.25) is 0 Å². The molecule has 0 fully saturated rings. The molecule has 0 N–H and O–H groups in total. The third-order valence-electron chi connectivity index (χ3n) is 11.4. The molecule has 0 saturated carbocycles. The first-order chi connectivity index (χ1) is 28.0. The molecular weight excluding hydrogens is 693 g/mol. The zero-order valence-electron chi connectivity index (χ0n) is 31.6. The van der Waals surface area contributed by atoms with Gasteiger partial charge in [0.1, 0.15) is 0 Å². The fraction of sp³-hybridized carbons (Fsp3) is 0.0566. The summed E-state index contributed by atoms with van der Waals surface area (Å²) in [6.45, 7) is 4.51. The van der Waals surface area contributed by atoms with Crippen LogP contribution in [0.5, 0.6) is 0 Å². The Hall–Kier alpha value is -7.48. The van der Waals surface area contributed by atoms with Gasteiger partial charge in [-0.2, -0.15) is 5.26 Å². The van der Waals surface area contributed by atoms with Gasteiger partial charge in [-0.05, 0) is 78.5 Å². The minimum atomic E-state index is -0.181. The number of aromatic nitrogens is 3. The molecule has 268 valence electrons. The van der Waals surface area contributed by atoms with Crippen LogP contribution in [-0.4, -0.2) is 15.0 Å². The molecule has 1 aliphatic carbocycles. The molecule has 0 spiro atoms. The van der Waals surface area contributed by atoms with E-state index in [1.807, 2.05) is 66.7 Å². The lowest BCUT2D eigenvalue weighted by molar-refractivity contribution is 0.660. The van der Waals surface area contributed by atoms with Gasteiger partial charge in [0.15, 0.2) is 17.5 Å². The topological polar surface area (TPSA) is 62.5 Å². The van der Waals surface area contributed by atoms with Crippen molar-refractivity contribution in [1.82, 2.24) is 15.0 Å². The summed E-state index contributed by atoms with van der Waals surface area (Å²) in [7, 11) is 0. The smallest absolute Gasteiger partial charge is 0.164 e. The lowest BCUT2D eigenvalue weighted by atomic mass is 9.81. The summed E-state index contributed by atoms with van der Waals surface area (Å²) < 4.78 is 0. The predicted molar refractivity (Wildman–Crippen MR) is 232 cm³/mol. The molecule has 4 heteroatoms. The first-order valence-electron chi connectivity index (χ1n) is 19.2. The summed E-state index contributed by atoms with van der Waals surface area (Å²) in [5.41, 5.74) is 15.4. The molecule has 9 aromatic rings. The summed E-state index contributed by atoms with van der Waals surface area (Å²) in [5.74, 6) is 1.94. The Morgan fingerprint density at radius 3 is 1.33 bits per heavy atom. The van der Waals surface area contributed by atoms with E-state index in [9.17, 15) is 5.26 Å². The van der Waals surface area contributed by atoms with Crippen LogP contribution in [0.4, 0.5) is 0 Å². The minimum absolute atomic E-state index is 0.181. The Balaban J connectivity index is 0.990. The summed E-state index contributed by atoms with van der Waals surface area (Å²) in [4.78, 5) is 14.7. The molecule has 0 bridgehead atoms. The van der Waals surface area contributed by atoms with Gasteiger partial charge in [-0.1, -0.05) is 184 Å². The second kappa shape index (κ2) is 13.7. The van der Waals surface area contributed by atoms with E-state index in [0.717, 1.165) is 22.3 Å². The molecule has 0 saturated heterocycles. The van der Waals surface area contributed by atoms with Gasteiger partial charge in [-0.25, -0.2) is 15.0 Å². The molecule has 0 aliphatic heterocycles. The van der Waals surface area contributed by atoms with Crippen LogP contribution in [0, 0.1) is 11.3 Å². The molecule has 0 unspecified atom stereocenters. The van der Waals surface area contributed by atoms with Crippen molar-refractivity contribution >= 4 is 10.8 Å². The molecule has 1 aromatic heterocycles. The highest BCUT2D eigenvalue weighted by Crippen LogP contribution is 2.52. The number of benzene rings is 8. The normalized spacial score (nSPS) is 12.5. The number of fused-ring (bicyclic) bond motifs is 4. The minimum Gasteiger partial charge on any atom is -0.208 e. The van der Waals surface area contributed by atoms with Crippen LogP contribution in [-0.2, 0) is 5.41 Å². The van der Waals surface area contributed by atoms with E-state index in [-0.39, 0.29) is 5.41 Å². The average molecular weight is 729 g/mol. The second-order valence-electron chi connectivity index (χ2n) is 15.1. The van der Waals surface area contributed by atoms with Crippen molar-refractivity contribution in [2.75, 3.05) is 0 Å². The molecule has 10 rings (SSSR count). The Labute approximate surface area is 332 Å². The number of nitrogens with zero attached hydrogens (tertiary/aromatic N) is 4. The molecule has 8 aromatic carbocycles. The maximum atomic E-state index is 9.62. The maximum absolute atomic E-state index is 9.62. The van der Waals surface area contributed by atoms with Gasteiger partial charge in [-0.15, -0.1) is 0 Å². The van der Waals surface area contributed by atoms with E-state index in [2.05, 4.69) is 135 Å². The molecule has 1 aliphatic rings. The van der Waals surface area contributed by atoms with E-state index >= 15 is 0 Å². The number of hydrogen-bond donors (Lipinski definition) is 0. The highest BCUT2D eigenvalue weighted by atomic mass is 15.0. The maximum Gasteiger partial charge on any atom is 0.164 e. The average Bonchev–Trinajstić information content (AvgIpc) is 3.51. The van der Waals surface area contributed by atoms with Gasteiger partial charge in [0.05, 0.1) is 11.6 Å². The fourth-order valence-corrected chi connectivity index (χ4v) is 8.47. The van der Waals surface area contributed by atoms with Gasteiger partial charge >= 0.3 is 0 Å². The van der Waals surface area contributed by atoms with Crippen molar-refractivity contribution in [2.45, 2.75) is 19.3 Å². The quantitative estimate of drug-likeness (QED) is 0.171. The largest absolute Gasteiger partial charge is 0.208 e. The summed E-state index contributed by atoms with van der Waals surface area (Å²) in [5, 5.41) is 12.0. The van der Waals surface area contributed by atoms with Crippen molar-refractivity contribution < 1.29 is 0 Å². The summed E-state index contributed by atoms with van der Waals surface area (Å²) in [6, 6.07) is 65.9. The molecule has 0 amide bonds. The van der Waals surface area contributed by atoms with Crippen LogP contribution in [0.1, 0.15) is 30.5 Å². The zero-order valence-corrected chi connectivity index (χ0v) is 31.6. The first-order valence-corrected chi connectivity index (χ1v) is 19.2. The van der Waals surface area contributed by atoms with E-state index in [0.29, 0.717) is 23.0 Å². The highest BCUT2D eigenvalue weighted by Gasteiger charge is 2.37. The van der Waals surface area contributed by atoms with E-state index in [1.54, 1.807) is 0 Å². The highest BCUT2D eigenvalue weighted by molar-refractivity contribution is 6.05. The summed E-state index contributed by atoms with van der Waals surface area (Å²) >= 11 is 0. The van der Waals surface area contributed by atoms with Gasteiger partial charge in [-0.3, -0.25) is 0 Å². The second-order valence-corrected chi connectivity index (χ2v) is 15.1. The molecule has 4 nitrogen and oxygen atoms in total. The fourth-order valence-electron chi connectivity index (χ4n) is 8.47. The van der Waals surface area contributed by atoms with Crippen LogP contribution in [0.2, 0.25) is 0 Å². The SMILES string of the molecule is CC1(C)c2cc(C#N)ccc2-c2c(-c3ccc(-c4ccc(-c5ccc(-c6nc(-c7ccccc7)nc(-c7ccccc7)n6)cc5)c5ccccc45)cc3)cccc21. The van der Waals surface area contributed by atoms with Crippen molar-refractivity contribution in [2.24, 2.45) is 0 Å². The van der Waals surface area contributed by atoms with Crippen molar-refractivity contribution in [3.8, 4) is 84.7 Å². The predicted octanol–water partition coefficient (Wildman–Crippen LogP) is 13.2. The molecule has 0 atom stereocenters.